The van der Waals surface area contributed by atoms with Crippen molar-refractivity contribution < 1.29 is 0 Å². The van der Waals surface area contributed by atoms with E-state index in [1.54, 1.807) is 11.3 Å². The van der Waals surface area contributed by atoms with Gasteiger partial charge in [-0.25, -0.2) is 4.98 Å². The predicted octanol–water partition coefficient (Wildman–Crippen LogP) is 3.06. The standard InChI is InChI=1S/C20H36N6S/c1-21-18(22-14-17-15-27-19(24-17)25(2)3)23-16-20(10-6-4-7-11-20)26-12-8-5-9-13-26/h15H,4-14,16H2,1-3H3,(H2,21,22,23). The zero-order valence-corrected chi connectivity index (χ0v) is 18.1. The molecule has 0 radical (unpaired) electrons. The molecule has 152 valence electrons. The Hall–Kier alpha value is -1.34. The smallest absolute Gasteiger partial charge is 0.191 e. The molecule has 0 aromatic carbocycles. The maximum atomic E-state index is 4.64. The molecule has 2 N–H and O–H groups in total. The molecule has 7 heteroatoms. The van der Waals surface area contributed by atoms with Gasteiger partial charge >= 0.3 is 0 Å². The quantitative estimate of drug-likeness (QED) is 0.576. The summed E-state index contributed by atoms with van der Waals surface area (Å²) in [5.74, 6) is 0.886. The van der Waals surface area contributed by atoms with E-state index in [2.05, 4.69) is 30.9 Å². The van der Waals surface area contributed by atoms with Crippen LogP contribution in [0.1, 0.15) is 57.1 Å². The third-order valence-electron chi connectivity index (χ3n) is 5.98. The van der Waals surface area contributed by atoms with E-state index < -0.39 is 0 Å². The number of hydrogen-bond donors (Lipinski definition) is 2. The van der Waals surface area contributed by atoms with Crippen LogP contribution in [0.2, 0.25) is 0 Å². The Morgan fingerprint density at radius 1 is 1.15 bits per heavy atom. The number of nitrogens with zero attached hydrogens (tertiary/aromatic N) is 4. The molecule has 1 aromatic rings. The molecule has 0 spiro atoms. The lowest BCUT2D eigenvalue weighted by Gasteiger charge is -2.48. The molecule has 2 fully saturated rings. The molecule has 3 rings (SSSR count). The lowest BCUT2D eigenvalue weighted by molar-refractivity contribution is 0.0368. The number of anilines is 1. The van der Waals surface area contributed by atoms with Gasteiger partial charge in [-0.3, -0.25) is 9.89 Å². The molecule has 0 bridgehead atoms. The van der Waals surface area contributed by atoms with Crippen molar-refractivity contribution in [3.63, 3.8) is 0 Å². The van der Waals surface area contributed by atoms with Gasteiger partial charge in [-0.1, -0.05) is 25.7 Å². The monoisotopic (exact) mass is 392 g/mol. The first kappa shape index (κ1) is 20.4. The normalized spacial score (nSPS) is 21.1. The molecule has 0 unspecified atom stereocenters. The summed E-state index contributed by atoms with van der Waals surface area (Å²) >= 11 is 1.68. The first-order valence-electron chi connectivity index (χ1n) is 10.4. The maximum Gasteiger partial charge on any atom is 0.191 e. The van der Waals surface area contributed by atoms with Gasteiger partial charge in [0.2, 0.25) is 0 Å². The molecule has 1 aliphatic heterocycles. The summed E-state index contributed by atoms with van der Waals surface area (Å²) < 4.78 is 0. The Morgan fingerprint density at radius 3 is 2.48 bits per heavy atom. The summed E-state index contributed by atoms with van der Waals surface area (Å²) in [5, 5.41) is 10.2. The van der Waals surface area contributed by atoms with Gasteiger partial charge in [0.1, 0.15) is 0 Å². The highest BCUT2D eigenvalue weighted by Crippen LogP contribution is 2.35. The molecule has 1 saturated carbocycles. The molecule has 27 heavy (non-hydrogen) atoms. The van der Waals surface area contributed by atoms with Crippen molar-refractivity contribution in [2.24, 2.45) is 4.99 Å². The number of aliphatic imine (C=N–C) groups is 1. The summed E-state index contributed by atoms with van der Waals surface area (Å²) in [6, 6.07) is 0. The minimum absolute atomic E-state index is 0.314. The van der Waals surface area contributed by atoms with Crippen LogP contribution in [0.5, 0.6) is 0 Å². The van der Waals surface area contributed by atoms with Crippen LogP contribution in [-0.2, 0) is 6.54 Å². The second kappa shape index (κ2) is 9.73. The van der Waals surface area contributed by atoms with Gasteiger partial charge in [0.05, 0.1) is 12.2 Å². The average molecular weight is 393 g/mol. The first-order chi connectivity index (χ1) is 13.1. The van der Waals surface area contributed by atoms with Crippen LogP contribution in [0, 0.1) is 0 Å². The number of guanidine groups is 1. The van der Waals surface area contributed by atoms with Crippen LogP contribution in [0.25, 0.3) is 0 Å². The van der Waals surface area contributed by atoms with Crippen molar-refractivity contribution in [3.05, 3.63) is 11.1 Å². The summed E-state index contributed by atoms with van der Waals surface area (Å²) in [5.41, 5.74) is 1.38. The molecule has 2 aliphatic rings. The van der Waals surface area contributed by atoms with Crippen LogP contribution in [0.15, 0.2) is 10.4 Å². The number of likely N-dealkylation sites (tertiary alicyclic amines) is 1. The lowest BCUT2D eigenvalue weighted by atomic mass is 9.79. The molecular formula is C20H36N6S. The Morgan fingerprint density at radius 2 is 1.85 bits per heavy atom. The third-order valence-corrected chi connectivity index (χ3v) is 7.04. The lowest BCUT2D eigenvalue weighted by Crippen LogP contribution is -2.59. The van der Waals surface area contributed by atoms with Gasteiger partial charge < -0.3 is 15.5 Å². The number of thiazole rings is 1. The van der Waals surface area contributed by atoms with E-state index in [-0.39, 0.29) is 0 Å². The van der Waals surface area contributed by atoms with Crippen molar-refractivity contribution >= 4 is 22.4 Å². The van der Waals surface area contributed by atoms with Gasteiger partial charge in [0.25, 0.3) is 0 Å². The van der Waals surface area contributed by atoms with E-state index in [0.29, 0.717) is 12.1 Å². The number of aromatic nitrogens is 1. The van der Waals surface area contributed by atoms with Gasteiger partial charge in [-0.05, 0) is 38.8 Å². The second-order valence-corrected chi connectivity index (χ2v) is 8.96. The molecule has 0 atom stereocenters. The Balaban J connectivity index is 1.55. The van der Waals surface area contributed by atoms with Crippen LogP contribution < -0.4 is 15.5 Å². The Labute approximate surface area is 168 Å². The van der Waals surface area contributed by atoms with Gasteiger partial charge in [0.15, 0.2) is 11.1 Å². The van der Waals surface area contributed by atoms with E-state index in [1.807, 2.05) is 26.0 Å². The highest BCUT2D eigenvalue weighted by atomic mass is 32.1. The molecule has 1 saturated heterocycles. The number of nitrogens with one attached hydrogen (secondary N) is 2. The van der Waals surface area contributed by atoms with Crippen LogP contribution >= 0.6 is 11.3 Å². The summed E-state index contributed by atoms with van der Waals surface area (Å²) in [6.07, 6.45) is 10.8. The highest BCUT2D eigenvalue weighted by molar-refractivity contribution is 7.13. The van der Waals surface area contributed by atoms with Crippen molar-refractivity contribution in [3.8, 4) is 0 Å². The number of piperidine rings is 1. The predicted molar refractivity (Wildman–Crippen MR) is 116 cm³/mol. The van der Waals surface area contributed by atoms with E-state index in [1.165, 1.54) is 64.5 Å². The summed E-state index contributed by atoms with van der Waals surface area (Å²) in [7, 11) is 5.91. The topological polar surface area (TPSA) is 55.8 Å². The number of rotatable bonds is 6. The van der Waals surface area contributed by atoms with Crippen molar-refractivity contribution in [1.29, 1.82) is 0 Å². The number of hydrogen-bond acceptors (Lipinski definition) is 5. The van der Waals surface area contributed by atoms with E-state index >= 15 is 0 Å². The molecule has 1 aromatic heterocycles. The van der Waals surface area contributed by atoms with Crippen molar-refractivity contribution in [2.45, 2.75) is 63.5 Å². The fraction of sp³-hybridized carbons (Fsp3) is 0.800. The highest BCUT2D eigenvalue weighted by Gasteiger charge is 2.38. The summed E-state index contributed by atoms with van der Waals surface area (Å²) in [4.78, 5) is 13.9. The first-order valence-corrected chi connectivity index (χ1v) is 11.3. The molecule has 6 nitrogen and oxygen atoms in total. The van der Waals surface area contributed by atoms with Crippen LogP contribution in [-0.4, -0.2) is 62.2 Å². The third kappa shape index (κ3) is 5.35. The van der Waals surface area contributed by atoms with Gasteiger partial charge in [-0.2, -0.15) is 0 Å². The Bertz CT molecular complexity index is 599. The van der Waals surface area contributed by atoms with Crippen LogP contribution in [0.3, 0.4) is 0 Å². The fourth-order valence-electron chi connectivity index (χ4n) is 4.41. The zero-order chi connectivity index (χ0) is 19.1. The van der Waals surface area contributed by atoms with Crippen molar-refractivity contribution in [2.75, 3.05) is 45.7 Å². The fourth-order valence-corrected chi connectivity index (χ4v) is 5.17. The Kier molecular flexibility index (Phi) is 7.35. The largest absolute Gasteiger partial charge is 0.355 e. The van der Waals surface area contributed by atoms with E-state index in [0.717, 1.165) is 23.3 Å². The molecule has 0 amide bonds. The summed E-state index contributed by atoms with van der Waals surface area (Å²) in [6.45, 7) is 4.23. The molecular weight excluding hydrogens is 356 g/mol. The SMILES string of the molecule is CN=C(NCc1csc(N(C)C)n1)NCC1(N2CCCCC2)CCCCC1. The molecule has 1 aliphatic carbocycles. The molecule has 2 heterocycles. The average Bonchev–Trinajstić information content (AvgIpc) is 3.19. The van der Waals surface area contributed by atoms with E-state index in [4.69, 9.17) is 0 Å². The van der Waals surface area contributed by atoms with Crippen LogP contribution in [0.4, 0.5) is 5.13 Å². The maximum absolute atomic E-state index is 4.64. The minimum atomic E-state index is 0.314. The van der Waals surface area contributed by atoms with Crippen molar-refractivity contribution in [1.82, 2.24) is 20.5 Å². The minimum Gasteiger partial charge on any atom is -0.355 e. The van der Waals surface area contributed by atoms with E-state index in [9.17, 15) is 0 Å². The van der Waals surface area contributed by atoms with Gasteiger partial charge in [-0.15, -0.1) is 11.3 Å². The van der Waals surface area contributed by atoms with Gasteiger partial charge in [0, 0.05) is 38.6 Å². The second-order valence-electron chi connectivity index (χ2n) is 8.13. The zero-order valence-electron chi connectivity index (χ0n) is 17.3.